The maximum atomic E-state index is 11.4. The molecule has 0 aliphatic rings. The molecular formula is C11H12ClN3O2S. The van der Waals surface area contributed by atoms with Gasteiger partial charge in [-0.15, -0.1) is 11.3 Å². The van der Waals surface area contributed by atoms with Crippen molar-refractivity contribution in [3.8, 4) is 0 Å². The Bertz CT molecular complexity index is 588. The number of rotatable bonds is 4. The summed E-state index contributed by atoms with van der Waals surface area (Å²) < 4.78 is 1.81. The number of fused-ring (bicyclic) bond motifs is 1. The van der Waals surface area contributed by atoms with E-state index in [1.54, 1.807) is 13.0 Å². The van der Waals surface area contributed by atoms with E-state index in [9.17, 15) is 4.79 Å². The van der Waals surface area contributed by atoms with E-state index in [0.717, 1.165) is 4.96 Å². The molecule has 2 aromatic rings. The Labute approximate surface area is 113 Å². The fraction of sp³-hybridized carbons (Fsp3) is 0.273. The number of carbonyl (C=O) groups excluding carboxylic acids is 1. The summed E-state index contributed by atoms with van der Waals surface area (Å²) in [6.45, 7) is 1.82. The highest BCUT2D eigenvalue weighted by Gasteiger charge is 2.08. The number of hydrogen-bond acceptors (Lipinski definition) is 4. The third-order valence-electron chi connectivity index (χ3n) is 2.22. The molecule has 1 unspecified atom stereocenters. The molecule has 5 nitrogen and oxygen atoms in total. The van der Waals surface area contributed by atoms with Gasteiger partial charge in [0.05, 0.1) is 11.8 Å². The summed E-state index contributed by atoms with van der Waals surface area (Å²) in [6.07, 6.45) is 4.25. The SMILES string of the molecule is CC(O)CNC(=O)/C=C/c1c(Cl)nc2sccn12. The highest BCUT2D eigenvalue weighted by atomic mass is 35.5. The fourth-order valence-corrected chi connectivity index (χ4v) is 2.39. The molecule has 2 heterocycles. The van der Waals surface area contributed by atoms with Crippen molar-refractivity contribution in [2.24, 2.45) is 0 Å². The molecule has 0 aliphatic heterocycles. The predicted molar refractivity (Wildman–Crippen MR) is 71.8 cm³/mol. The van der Waals surface area contributed by atoms with Crippen LogP contribution in [0.3, 0.4) is 0 Å². The third kappa shape index (κ3) is 2.90. The second kappa shape index (κ2) is 5.51. The number of nitrogens with one attached hydrogen (secondary N) is 1. The number of thiazole rings is 1. The van der Waals surface area contributed by atoms with Crippen LogP contribution in [0.2, 0.25) is 5.15 Å². The summed E-state index contributed by atoms with van der Waals surface area (Å²) in [5, 5.41) is 13.9. The maximum Gasteiger partial charge on any atom is 0.244 e. The monoisotopic (exact) mass is 285 g/mol. The van der Waals surface area contributed by atoms with Crippen LogP contribution >= 0.6 is 22.9 Å². The van der Waals surface area contributed by atoms with Gasteiger partial charge in [0.1, 0.15) is 0 Å². The van der Waals surface area contributed by atoms with Gasteiger partial charge >= 0.3 is 0 Å². The first-order chi connectivity index (χ1) is 8.58. The first-order valence-corrected chi connectivity index (χ1v) is 6.58. The van der Waals surface area contributed by atoms with Crippen LogP contribution in [0.25, 0.3) is 11.0 Å². The van der Waals surface area contributed by atoms with Crippen molar-refractivity contribution in [1.29, 1.82) is 0 Å². The van der Waals surface area contributed by atoms with Crippen LogP contribution in [0.4, 0.5) is 0 Å². The van der Waals surface area contributed by atoms with E-state index in [-0.39, 0.29) is 12.5 Å². The lowest BCUT2D eigenvalue weighted by Crippen LogP contribution is -2.28. The summed E-state index contributed by atoms with van der Waals surface area (Å²) in [5.41, 5.74) is 0.667. The third-order valence-corrected chi connectivity index (χ3v) is 3.25. The maximum absolute atomic E-state index is 11.4. The summed E-state index contributed by atoms with van der Waals surface area (Å²) >= 11 is 7.44. The predicted octanol–water partition coefficient (Wildman–Crippen LogP) is 1.56. The first-order valence-electron chi connectivity index (χ1n) is 5.33. The molecular weight excluding hydrogens is 274 g/mol. The molecule has 0 radical (unpaired) electrons. The molecule has 0 aliphatic carbocycles. The van der Waals surface area contributed by atoms with Gasteiger partial charge in [0.2, 0.25) is 5.91 Å². The normalized spacial score (nSPS) is 13.3. The Kier molecular flexibility index (Phi) is 4.00. The molecule has 1 atom stereocenters. The van der Waals surface area contributed by atoms with Crippen LogP contribution in [-0.4, -0.2) is 33.0 Å². The van der Waals surface area contributed by atoms with Gasteiger partial charge in [-0.3, -0.25) is 9.20 Å². The quantitative estimate of drug-likeness (QED) is 0.838. The van der Waals surface area contributed by atoms with Gasteiger partial charge in [-0.05, 0) is 13.0 Å². The highest BCUT2D eigenvalue weighted by Crippen LogP contribution is 2.22. The van der Waals surface area contributed by atoms with Crippen LogP contribution < -0.4 is 5.32 Å². The van der Waals surface area contributed by atoms with E-state index in [0.29, 0.717) is 10.8 Å². The summed E-state index contributed by atoms with van der Waals surface area (Å²) in [5.74, 6) is -0.280. The zero-order chi connectivity index (χ0) is 13.1. The number of aromatic nitrogens is 2. The Hall–Kier alpha value is -1.37. The van der Waals surface area contributed by atoms with Crippen molar-refractivity contribution in [3.63, 3.8) is 0 Å². The van der Waals surface area contributed by atoms with Crippen molar-refractivity contribution in [2.45, 2.75) is 13.0 Å². The molecule has 18 heavy (non-hydrogen) atoms. The Morgan fingerprint density at radius 1 is 1.78 bits per heavy atom. The second-order valence-electron chi connectivity index (χ2n) is 3.77. The smallest absolute Gasteiger partial charge is 0.244 e. The topological polar surface area (TPSA) is 66.6 Å². The minimum Gasteiger partial charge on any atom is -0.392 e. The van der Waals surface area contributed by atoms with Gasteiger partial charge in [0.15, 0.2) is 10.1 Å². The molecule has 96 valence electrons. The average Bonchev–Trinajstić information content (AvgIpc) is 2.84. The number of halogens is 1. The van der Waals surface area contributed by atoms with Crippen LogP contribution in [0.5, 0.6) is 0 Å². The Balaban J connectivity index is 2.10. The van der Waals surface area contributed by atoms with E-state index in [1.165, 1.54) is 17.4 Å². The molecule has 2 N–H and O–H groups in total. The number of amides is 1. The lowest BCUT2D eigenvalue weighted by atomic mass is 10.3. The number of aliphatic hydroxyl groups excluding tert-OH is 1. The molecule has 2 aromatic heterocycles. The van der Waals surface area contributed by atoms with Crippen molar-refractivity contribution in [3.05, 3.63) is 28.5 Å². The van der Waals surface area contributed by atoms with Crippen molar-refractivity contribution < 1.29 is 9.90 Å². The molecule has 0 spiro atoms. The van der Waals surface area contributed by atoms with Gasteiger partial charge in [0, 0.05) is 24.2 Å². The van der Waals surface area contributed by atoms with E-state index < -0.39 is 6.10 Å². The minimum absolute atomic E-state index is 0.219. The van der Waals surface area contributed by atoms with Crippen molar-refractivity contribution >= 4 is 39.9 Å². The molecule has 0 bridgehead atoms. The van der Waals surface area contributed by atoms with Crippen molar-refractivity contribution in [2.75, 3.05) is 6.54 Å². The molecule has 0 saturated carbocycles. The molecule has 0 aromatic carbocycles. The van der Waals surface area contributed by atoms with Crippen LogP contribution in [0.1, 0.15) is 12.6 Å². The molecule has 2 rings (SSSR count). The number of hydrogen-bond donors (Lipinski definition) is 2. The number of imidazole rings is 1. The number of nitrogens with zero attached hydrogens (tertiary/aromatic N) is 2. The summed E-state index contributed by atoms with van der Waals surface area (Å²) in [4.78, 5) is 16.4. The lowest BCUT2D eigenvalue weighted by Gasteiger charge is -2.03. The first kappa shape index (κ1) is 13.1. The largest absolute Gasteiger partial charge is 0.392 e. The fourth-order valence-electron chi connectivity index (χ4n) is 1.39. The summed E-state index contributed by atoms with van der Waals surface area (Å²) in [7, 11) is 0. The van der Waals surface area contributed by atoms with Crippen LogP contribution in [0, 0.1) is 0 Å². The zero-order valence-electron chi connectivity index (χ0n) is 9.63. The molecule has 1 amide bonds. The zero-order valence-corrected chi connectivity index (χ0v) is 11.2. The van der Waals surface area contributed by atoms with Gasteiger partial charge in [-0.25, -0.2) is 4.98 Å². The van der Waals surface area contributed by atoms with Gasteiger partial charge in [-0.2, -0.15) is 0 Å². The average molecular weight is 286 g/mol. The summed E-state index contributed by atoms with van der Waals surface area (Å²) in [6, 6.07) is 0. The number of aliphatic hydroxyl groups is 1. The van der Waals surface area contributed by atoms with Crippen LogP contribution in [-0.2, 0) is 4.79 Å². The van der Waals surface area contributed by atoms with E-state index in [1.807, 2.05) is 16.0 Å². The molecule has 0 fully saturated rings. The Morgan fingerprint density at radius 3 is 3.28 bits per heavy atom. The number of carbonyl (C=O) groups is 1. The highest BCUT2D eigenvalue weighted by molar-refractivity contribution is 7.15. The lowest BCUT2D eigenvalue weighted by molar-refractivity contribution is -0.116. The van der Waals surface area contributed by atoms with Crippen molar-refractivity contribution in [1.82, 2.24) is 14.7 Å². The van der Waals surface area contributed by atoms with E-state index >= 15 is 0 Å². The van der Waals surface area contributed by atoms with Gasteiger partial charge < -0.3 is 10.4 Å². The molecule has 0 saturated heterocycles. The minimum atomic E-state index is -0.565. The Morgan fingerprint density at radius 2 is 2.56 bits per heavy atom. The van der Waals surface area contributed by atoms with E-state index in [2.05, 4.69) is 10.3 Å². The standard InChI is InChI=1S/C11H12ClN3O2S/c1-7(16)6-13-9(17)3-2-8-10(12)14-11-15(8)4-5-18-11/h2-5,7,16H,6H2,1H3,(H,13,17)/b3-2+. The van der Waals surface area contributed by atoms with Gasteiger partial charge in [-0.1, -0.05) is 11.6 Å². The van der Waals surface area contributed by atoms with E-state index in [4.69, 9.17) is 16.7 Å². The van der Waals surface area contributed by atoms with Crippen LogP contribution in [0.15, 0.2) is 17.7 Å². The molecule has 7 heteroatoms. The second-order valence-corrected chi connectivity index (χ2v) is 5.00. The van der Waals surface area contributed by atoms with Gasteiger partial charge in [0.25, 0.3) is 0 Å².